The van der Waals surface area contributed by atoms with Gasteiger partial charge in [0.15, 0.2) is 0 Å². The highest BCUT2D eigenvalue weighted by Crippen LogP contribution is 2.24. The van der Waals surface area contributed by atoms with E-state index in [0.29, 0.717) is 12.8 Å². The Morgan fingerprint density at radius 3 is 2.30 bits per heavy atom. The van der Waals surface area contributed by atoms with E-state index < -0.39 is 24.0 Å². The average Bonchev–Trinajstić information content (AvgIpc) is 2.14. The maximum absolute atomic E-state index is 10.4. The van der Waals surface area contributed by atoms with E-state index in [-0.39, 0.29) is 0 Å². The molecule has 4 heteroatoms. The Morgan fingerprint density at radius 1 is 1.50 bits per heavy atom. The zero-order valence-electron chi connectivity index (χ0n) is 5.53. The fourth-order valence-corrected chi connectivity index (χ4v) is 1.29. The largest absolute Gasteiger partial charge is 0.481 e. The lowest BCUT2D eigenvalue weighted by atomic mass is 10.0. The predicted molar refractivity (Wildman–Crippen MR) is 34.3 cm³/mol. The molecule has 1 saturated carbocycles. The monoisotopic (exact) mass is 145 g/mol. The van der Waals surface area contributed by atoms with E-state index in [0.717, 1.165) is 0 Å². The predicted octanol–water partition coefficient (Wildman–Crippen LogP) is -0.831. The number of hydrogen-bond acceptors (Lipinski definition) is 3. The second-order valence-corrected chi connectivity index (χ2v) is 2.67. The van der Waals surface area contributed by atoms with Gasteiger partial charge in [-0.1, -0.05) is 0 Å². The second-order valence-electron chi connectivity index (χ2n) is 2.67. The highest BCUT2D eigenvalue weighted by atomic mass is 16.4. The molecule has 58 valence electrons. The van der Waals surface area contributed by atoms with Crippen LogP contribution in [0.4, 0.5) is 0 Å². The van der Waals surface area contributed by atoms with Gasteiger partial charge in [0.2, 0.25) is 0 Å². The van der Waals surface area contributed by atoms with Crippen molar-refractivity contribution >= 4 is 5.97 Å². The Labute approximate surface area is 58.6 Å². The topological polar surface area (TPSA) is 83.5 Å². The highest BCUT2D eigenvalue weighted by molar-refractivity contribution is 5.71. The number of rotatable bonds is 1. The summed E-state index contributed by atoms with van der Waals surface area (Å²) in [6.45, 7) is 0. The summed E-state index contributed by atoms with van der Waals surface area (Å²) in [5.74, 6) is -1.45. The van der Waals surface area contributed by atoms with Gasteiger partial charge < -0.3 is 15.9 Å². The molecule has 0 spiro atoms. The van der Waals surface area contributed by atoms with Crippen molar-refractivity contribution in [3.05, 3.63) is 0 Å². The molecule has 0 aromatic rings. The number of nitrogens with two attached hydrogens (primary N) is 1. The van der Waals surface area contributed by atoms with Gasteiger partial charge in [-0.3, -0.25) is 4.79 Å². The third-order valence-corrected chi connectivity index (χ3v) is 2.00. The van der Waals surface area contributed by atoms with Crippen LogP contribution in [-0.2, 0) is 4.79 Å². The van der Waals surface area contributed by atoms with E-state index in [9.17, 15) is 4.79 Å². The van der Waals surface area contributed by atoms with E-state index in [1.165, 1.54) is 0 Å². The molecule has 3 atom stereocenters. The van der Waals surface area contributed by atoms with E-state index in [4.69, 9.17) is 15.9 Å². The van der Waals surface area contributed by atoms with Gasteiger partial charge in [0.25, 0.3) is 0 Å². The fourth-order valence-electron chi connectivity index (χ4n) is 1.29. The van der Waals surface area contributed by atoms with Crippen LogP contribution >= 0.6 is 0 Å². The van der Waals surface area contributed by atoms with Gasteiger partial charge >= 0.3 is 5.97 Å². The lowest BCUT2D eigenvalue weighted by molar-refractivity contribution is -0.142. The summed E-state index contributed by atoms with van der Waals surface area (Å²) in [4.78, 5) is 10.4. The lowest BCUT2D eigenvalue weighted by Crippen LogP contribution is -2.38. The van der Waals surface area contributed by atoms with Crippen molar-refractivity contribution in [1.82, 2.24) is 0 Å². The molecule has 0 bridgehead atoms. The Balaban J connectivity index is 2.57. The highest BCUT2D eigenvalue weighted by Gasteiger charge is 2.36. The standard InChI is InChI=1S/C6H11NO3/c7-5-3(6(9)10)1-2-4(5)8/h3-5,8H,1-2,7H2,(H,9,10)/t3-,4-,5+/m1/s1. The molecule has 4 N–H and O–H groups in total. The van der Waals surface area contributed by atoms with Crippen LogP contribution in [0.25, 0.3) is 0 Å². The number of carbonyl (C=O) groups is 1. The number of hydrogen-bond donors (Lipinski definition) is 3. The minimum atomic E-state index is -0.899. The molecule has 0 aromatic heterocycles. The van der Waals surface area contributed by atoms with Gasteiger partial charge in [-0.15, -0.1) is 0 Å². The quantitative estimate of drug-likeness (QED) is 0.449. The first-order chi connectivity index (χ1) is 4.63. The molecule has 0 amide bonds. The number of carboxylic acids is 1. The first-order valence-corrected chi connectivity index (χ1v) is 3.29. The molecule has 0 aliphatic heterocycles. The molecule has 1 rings (SSSR count). The van der Waals surface area contributed by atoms with E-state index in [2.05, 4.69) is 0 Å². The van der Waals surface area contributed by atoms with E-state index in [1.54, 1.807) is 0 Å². The van der Waals surface area contributed by atoms with Crippen molar-refractivity contribution < 1.29 is 15.0 Å². The third kappa shape index (κ3) is 1.12. The van der Waals surface area contributed by atoms with Crippen molar-refractivity contribution in [1.29, 1.82) is 0 Å². The van der Waals surface area contributed by atoms with E-state index in [1.807, 2.05) is 0 Å². The Hall–Kier alpha value is -0.610. The van der Waals surface area contributed by atoms with Crippen molar-refractivity contribution in [2.75, 3.05) is 0 Å². The van der Waals surface area contributed by atoms with Crippen LogP contribution in [0.15, 0.2) is 0 Å². The number of carboxylic acid groups (broad SMARTS) is 1. The van der Waals surface area contributed by atoms with Crippen LogP contribution in [0.1, 0.15) is 12.8 Å². The van der Waals surface area contributed by atoms with Crippen molar-refractivity contribution in [2.45, 2.75) is 25.0 Å². The SMILES string of the molecule is N[C@@H]1[C@H](O)CC[C@H]1C(=O)O. The normalized spacial score (nSPS) is 40.0. The molecule has 0 radical (unpaired) electrons. The second kappa shape index (κ2) is 2.56. The Morgan fingerprint density at radius 2 is 2.10 bits per heavy atom. The summed E-state index contributed by atoms with van der Waals surface area (Å²) in [6.07, 6.45) is 0.386. The van der Waals surface area contributed by atoms with Crippen LogP contribution in [-0.4, -0.2) is 28.3 Å². The molecular formula is C6H11NO3. The van der Waals surface area contributed by atoms with Crippen molar-refractivity contribution in [2.24, 2.45) is 11.7 Å². The molecule has 10 heavy (non-hydrogen) atoms. The van der Waals surface area contributed by atoms with Crippen LogP contribution in [0.2, 0.25) is 0 Å². The minimum absolute atomic E-state index is 0.498. The molecule has 1 aliphatic rings. The summed E-state index contributed by atoms with van der Waals surface area (Å²) in [5.41, 5.74) is 5.39. The van der Waals surface area contributed by atoms with Crippen molar-refractivity contribution in [3.8, 4) is 0 Å². The van der Waals surface area contributed by atoms with E-state index >= 15 is 0 Å². The van der Waals surface area contributed by atoms with Gasteiger partial charge in [0, 0.05) is 6.04 Å². The number of aliphatic carboxylic acids is 1. The summed E-state index contributed by atoms with van der Waals surface area (Å²) < 4.78 is 0. The van der Waals surface area contributed by atoms with Gasteiger partial charge in [-0.05, 0) is 12.8 Å². The molecule has 0 saturated heterocycles. The molecule has 0 unspecified atom stereocenters. The third-order valence-electron chi connectivity index (χ3n) is 2.00. The minimum Gasteiger partial charge on any atom is -0.481 e. The number of aliphatic hydroxyl groups is 1. The first kappa shape index (κ1) is 7.50. The summed E-state index contributed by atoms with van der Waals surface area (Å²) >= 11 is 0. The number of aliphatic hydroxyl groups excluding tert-OH is 1. The molecule has 0 heterocycles. The molecular weight excluding hydrogens is 134 g/mol. The van der Waals surface area contributed by atoms with Crippen LogP contribution < -0.4 is 5.73 Å². The molecule has 0 aromatic carbocycles. The van der Waals surface area contributed by atoms with Crippen LogP contribution in [0.3, 0.4) is 0 Å². The maximum atomic E-state index is 10.4. The first-order valence-electron chi connectivity index (χ1n) is 3.29. The maximum Gasteiger partial charge on any atom is 0.308 e. The summed E-state index contributed by atoms with van der Waals surface area (Å²) in [7, 11) is 0. The molecule has 1 fully saturated rings. The van der Waals surface area contributed by atoms with Crippen LogP contribution in [0, 0.1) is 5.92 Å². The summed E-state index contributed by atoms with van der Waals surface area (Å²) in [5, 5.41) is 17.5. The van der Waals surface area contributed by atoms with Gasteiger partial charge in [0.05, 0.1) is 12.0 Å². The Kier molecular flexibility index (Phi) is 1.92. The van der Waals surface area contributed by atoms with Gasteiger partial charge in [-0.25, -0.2) is 0 Å². The van der Waals surface area contributed by atoms with Gasteiger partial charge in [0.1, 0.15) is 0 Å². The lowest BCUT2D eigenvalue weighted by Gasteiger charge is -2.11. The molecule has 1 aliphatic carbocycles. The zero-order chi connectivity index (χ0) is 7.72. The van der Waals surface area contributed by atoms with Crippen LogP contribution in [0.5, 0.6) is 0 Å². The van der Waals surface area contributed by atoms with Gasteiger partial charge in [-0.2, -0.15) is 0 Å². The zero-order valence-corrected chi connectivity index (χ0v) is 5.53. The fraction of sp³-hybridized carbons (Fsp3) is 0.833. The average molecular weight is 145 g/mol. The van der Waals surface area contributed by atoms with Crippen molar-refractivity contribution in [3.63, 3.8) is 0 Å². The molecule has 4 nitrogen and oxygen atoms in total. The Bertz CT molecular complexity index is 148. The smallest absolute Gasteiger partial charge is 0.308 e. The summed E-state index contributed by atoms with van der Waals surface area (Å²) in [6, 6.07) is -0.572.